The minimum atomic E-state index is -0.508. The van der Waals surface area contributed by atoms with E-state index in [9.17, 15) is 4.79 Å². The van der Waals surface area contributed by atoms with E-state index >= 15 is 0 Å². The molecule has 0 unspecified atom stereocenters. The highest BCUT2D eigenvalue weighted by Crippen LogP contribution is 2.35. The van der Waals surface area contributed by atoms with E-state index in [1.807, 2.05) is 12.1 Å². The fourth-order valence-corrected chi connectivity index (χ4v) is 3.09. The zero-order chi connectivity index (χ0) is 18.0. The lowest BCUT2D eigenvalue weighted by Crippen LogP contribution is -2.02. The van der Waals surface area contributed by atoms with Gasteiger partial charge in [0.1, 0.15) is 6.61 Å². The Labute approximate surface area is 159 Å². The van der Waals surface area contributed by atoms with Crippen LogP contribution in [-0.4, -0.2) is 11.7 Å². The van der Waals surface area contributed by atoms with Gasteiger partial charge in [-0.05, 0) is 48.4 Å². The van der Waals surface area contributed by atoms with Crippen molar-refractivity contribution in [2.75, 3.05) is 0 Å². The predicted molar refractivity (Wildman–Crippen MR) is 99.4 cm³/mol. The largest absolute Gasteiger partial charge is 0.486 e. The molecular formula is C18H12Cl3NO3. The summed E-state index contributed by atoms with van der Waals surface area (Å²) in [5, 5.41) is 4.92. The fourth-order valence-electron chi connectivity index (χ4n) is 2.27. The molecule has 25 heavy (non-hydrogen) atoms. The van der Waals surface area contributed by atoms with Crippen LogP contribution in [0.2, 0.25) is 15.1 Å². The molecule has 0 amide bonds. The Kier molecular flexibility index (Phi) is 5.33. The zero-order valence-electron chi connectivity index (χ0n) is 13.1. The van der Waals surface area contributed by atoms with E-state index < -0.39 is 5.97 Å². The van der Waals surface area contributed by atoms with Gasteiger partial charge in [-0.2, -0.15) is 0 Å². The van der Waals surface area contributed by atoms with Gasteiger partial charge in [-0.25, -0.2) is 4.79 Å². The topological polar surface area (TPSA) is 47.9 Å². The average Bonchev–Trinajstić information content (AvgIpc) is 2.86. The van der Waals surface area contributed by atoms with Gasteiger partial charge in [0, 0.05) is 5.02 Å². The van der Waals surface area contributed by atoms with E-state index in [0.717, 1.165) is 5.56 Å². The third kappa shape index (κ3) is 4.15. The number of oxime groups is 1. The number of rotatable bonds is 4. The van der Waals surface area contributed by atoms with E-state index in [2.05, 4.69) is 9.99 Å². The summed E-state index contributed by atoms with van der Waals surface area (Å²) in [6.45, 7) is 1.96. The van der Waals surface area contributed by atoms with E-state index in [1.54, 1.807) is 37.3 Å². The number of ether oxygens (including phenoxy) is 1. The lowest BCUT2D eigenvalue weighted by Gasteiger charge is -2.11. The van der Waals surface area contributed by atoms with Crippen molar-refractivity contribution < 1.29 is 14.4 Å². The van der Waals surface area contributed by atoms with Crippen molar-refractivity contribution in [1.82, 2.24) is 0 Å². The van der Waals surface area contributed by atoms with Crippen LogP contribution in [-0.2, 0) is 16.2 Å². The molecule has 2 aromatic carbocycles. The number of hydrogen-bond donors (Lipinski definition) is 0. The molecule has 2 aromatic rings. The Morgan fingerprint density at radius 3 is 2.48 bits per heavy atom. The SMILES string of the molecule is CC1=NOC(=O)/C1=C\c1cc(Cl)c(OCc2cccc(Cl)c2)c(Cl)c1. The van der Waals surface area contributed by atoms with Crippen LogP contribution in [0.15, 0.2) is 47.1 Å². The monoisotopic (exact) mass is 395 g/mol. The van der Waals surface area contributed by atoms with Crippen LogP contribution in [0.5, 0.6) is 5.75 Å². The number of carbonyl (C=O) groups excluding carboxylic acids is 1. The van der Waals surface area contributed by atoms with Gasteiger partial charge in [0.25, 0.3) is 0 Å². The van der Waals surface area contributed by atoms with Gasteiger partial charge >= 0.3 is 5.97 Å². The highest BCUT2D eigenvalue weighted by atomic mass is 35.5. The fraction of sp³-hybridized carbons (Fsp3) is 0.111. The first-order valence-corrected chi connectivity index (χ1v) is 8.42. The highest BCUT2D eigenvalue weighted by Gasteiger charge is 2.22. The summed E-state index contributed by atoms with van der Waals surface area (Å²) in [6.07, 6.45) is 1.62. The lowest BCUT2D eigenvalue weighted by atomic mass is 10.1. The first-order chi connectivity index (χ1) is 11.9. The molecule has 0 radical (unpaired) electrons. The van der Waals surface area contributed by atoms with Gasteiger partial charge in [-0.15, -0.1) is 0 Å². The predicted octanol–water partition coefficient (Wildman–Crippen LogP) is 5.54. The van der Waals surface area contributed by atoms with E-state index in [4.69, 9.17) is 39.5 Å². The molecule has 0 saturated carbocycles. The minimum Gasteiger partial charge on any atom is -0.486 e. The molecule has 0 fully saturated rings. The summed E-state index contributed by atoms with van der Waals surface area (Å²) in [5.74, 6) is -0.143. The first kappa shape index (κ1) is 17.8. The van der Waals surface area contributed by atoms with Crippen molar-refractivity contribution in [3.05, 3.63) is 68.2 Å². The minimum absolute atomic E-state index is 0.276. The summed E-state index contributed by atoms with van der Waals surface area (Å²) in [6, 6.07) is 10.6. The van der Waals surface area contributed by atoms with Crippen molar-refractivity contribution in [3.63, 3.8) is 0 Å². The van der Waals surface area contributed by atoms with Gasteiger partial charge in [0.2, 0.25) is 0 Å². The number of benzene rings is 2. The summed E-state index contributed by atoms with van der Waals surface area (Å²) in [4.78, 5) is 16.2. The number of nitrogens with zero attached hydrogens (tertiary/aromatic N) is 1. The second-order valence-electron chi connectivity index (χ2n) is 5.35. The van der Waals surface area contributed by atoms with Crippen LogP contribution in [0, 0.1) is 0 Å². The van der Waals surface area contributed by atoms with Crippen LogP contribution in [0.1, 0.15) is 18.1 Å². The van der Waals surface area contributed by atoms with Gasteiger partial charge < -0.3 is 9.57 Å². The molecule has 0 saturated heterocycles. The average molecular weight is 397 g/mol. The molecule has 128 valence electrons. The Balaban J connectivity index is 1.82. The standard InChI is InChI=1S/C18H12Cl3NO3/c1-10-14(18(23)25-22-10)6-12-7-15(20)17(16(21)8-12)24-9-11-3-2-4-13(19)5-11/h2-8H,9H2,1H3/b14-6-. The normalized spacial score (nSPS) is 15.3. The third-order valence-corrected chi connectivity index (χ3v) is 4.28. The Hall–Kier alpha value is -2.01. The van der Waals surface area contributed by atoms with Crippen LogP contribution < -0.4 is 4.74 Å². The molecule has 0 aromatic heterocycles. The Morgan fingerprint density at radius 1 is 1.16 bits per heavy atom. The van der Waals surface area contributed by atoms with Crippen LogP contribution in [0.4, 0.5) is 0 Å². The molecule has 0 atom stereocenters. The van der Waals surface area contributed by atoms with E-state index in [0.29, 0.717) is 37.7 Å². The number of carbonyl (C=O) groups is 1. The molecule has 0 aliphatic carbocycles. The maximum atomic E-state index is 11.6. The molecule has 7 heteroatoms. The zero-order valence-corrected chi connectivity index (χ0v) is 15.3. The summed E-state index contributed by atoms with van der Waals surface area (Å²) >= 11 is 18.5. The quantitative estimate of drug-likeness (QED) is 0.503. The van der Waals surface area contributed by atoms with Gasteiger partial charge in [0.15, 0.2) is 5.75 Å². The van der Waals surface area contributed by atoms with E-state index in [-0.39, 0.29) is 6.61 Å². The van der Waals surface area contributed by atoms with Crippen LogP contribution in [0.3, 0.4) is 0 Å². The van der Waals surface area contributed by atoms with Gasteiger partial charge in [-0.3, -0.25) is 0 Å². The Bertz CT molecular complexity index is 883. The van der Waals surface area contributed by atoms with Gasteiger partial charge in [0.05, 0.1) is 21.3 Å². The first-order valence-electron chi connectivity index (χ1n) is 7.28. The van der Waals surface area contributed by atoms with Crippen LogP contribution in [0.25, 0.3) is 6.08 Å². The second kappa shape index (κ2) is 7.48. The molecule has 1 aliphatic rings. The molecular weight excluding hydrogens is 385 g/mol. The number of hydrogen-bond acceptors (Lipinski definition) is 4. The second-order valence-corrected chi connectivity index (χ2v) is 6.60. The van der Waals surface area contributed by atoms with Crippen molar-refractivity contribution in [1.29, 1.82) is 0 Å². The molecule has 4 nitrogen and oxygen atoms in total. The highest BCUT2D eigenvalue weighted by molar-refractivity contribution is 6.37. The maximum Gasteiger partial charge on any atom is 0.367 e. The van der Waals surface area contributed by atoms with Crippen molar-refractivity contribution >= 4 is 52.6 Å². The molecule has 1 aliphatic heterocycles. The molecule has 0 N–H and O–H groups in total. The smallest absolute Gasteiger partial charge is 0.367 e. The summed E-state index contributed by atoms with van der Waals surface area (Å²) < 4.78 is 5.72. The summed E-state index contributed by atoms with van der Waals surface area (Å²) in [7, 11) is 0. The molecule has 0 spiro atoms. The third-order valence-electron chi connectivity index (χ3n) is 3.48. The van der Waals surface area contributed by atoms with Crippen LogP contribution >= 0.6 is 34.8 Å². The van der Waals surface area contributed by atoms with Gasteiger partial charge in [-0.1, -0.05) is 52.1 Å². The van der Waals surface area contributed by atoms with E-state index in [1.165, 1.54) is 0 Å². The van der Waals surface area contributed by atoms with Crippen molar-refractivity contribution in [3.8, 4) is 5.75 Å². The summed E-state index contributed by atoms with van der Waals surface area (Å²) in [5.41, 5.74) is 2.40. The Morgan fingerprint density at radius 2 is 1.88 bits per heavy atom. The lowest BCUT2D eigenvalue weighted by molar-refractivity contribution is -0.136. The molecule has 1 heterocycles. The number of halogens is 3. The van der Waals surface area contributed by atoms with Crippen molar-refractivity contribution in [2.24, 2.45) is 5.16 Å². The van der Waals surface area contributed by atoms with Crippen molar-refractivity contribution in [2.45, 2.75) is 13.5 Å². The molecule has 3 rings (SSSR count). The molecule has 0 bridgehead atoms. The maximum absolute atomic E-state index is 11.6.